The summed E-state index contributed by atoms with van der Waals surface area (Å²) < 4.78 is 0. The van der Waals surface area contributed by atoms with E-state index in [1.54, 1.807) is 18.5 Å². The highest BCUT2D eigenvalue weighted by atomic mass is 16.1. The zero-order valence-electron chi connectivity index (χ0n) is 14.8. The molecule has 1 aliphatic heterocycles. The third-order valence-electron chi connectivity index (χ3n) is 5.73. The Balaban J connectivity index is 1.26. The number of hydrogen-bond donors (Lipinski definition) is 2. The van der Waals surface area contributed by atoms with E-state index in [2.05, 4.69) is 25.2 Å². The largest absolute Gasteiger partial charge is 0.364 e. The van der Waals surface area contributed by atoms with Crippen LogP contribution in [0.5, 0.6) is 0 Å². The molecule has 2 aliphatic carbocycles. The van der Waals surface area contributed by atoms with Gasteiger partial charge in [0.15, 0.2) is 11.6 Å². The summed E-state index contributed by atoms with van der Waals surface area (Å²) in [6, 6.07) is 2.04. The number of hydrogen-bond acceptors (Lipinski definition) is 6. The number of H-pyrrole nitrogens is 1. The van der Waals surface area contributed by atoms with Gasteiger partial charge >= 0.3 is 0 Å². The van der Waals surface area contributed by atoms with Crippen molar-refractivity contribution in [2.75, 3.05) is 23.3 Å². The van der Waals surface area contributed by atoms with E-state index >= 15 is 0 Å². The minimum atomic E-state index is -0.0152. The molecule has 2 saturated carbocycles. The van der Waals surface area contributed by atoms with Gasteiger partial charge < -0.3 is 15.2 Å². The number of aromatic nitrogens is 4. The molecule has 0 unspecified atom stereocenters. The first kappa shape index (κ1) is 15.8. The number of aromatic amines is 1. The van der Waals surface area contributed by atoms with Gasteiger partial charge in [0.1, 0.15) is 5.82 Å². The fourth-order valence-electron chi connectivity index (χ4n) is 4.02. The Labute approximate surface area is 152 Å². The van der Waals surface area contributed by atoms with Gasteiger partial charge in [-0.25, -0.2) is 15.0 Å². The second-order valence-electron chi connectivity index (χ2n) is 7.76. The Morgan fingerprint density at radius 1 is 1.08 bits per heavy atom. The predicted octanol–water partition coefficient (Wildman–Crippen LogP) is 2.40. The molecule has 2 N–H and O–H groups in total. The Kier molecular flexibility index (Phi) is 3.87. The van der Waals surface area contributed by atoms with Gasteiger partial charge in [0.25, 0.3) is 5.56 Å². The van der Waals surface area contributed by atoms with Crippen LogP contribution < -0.4 is 15.8 Å². The van der Waals surface area contributed by atoms with Gasteiger partial charge in [0, 0.05) is 49.4 Å². The van der Waals surface area contributed by atoms with Crippen molar-refractivity contribution in [3.05, 3.63) is 40.3 Å². The lowest BCUT2D eigenvalue weighted by Gasteiger charge is -2.36. The molecule has 0 spiro atoms. The van der Waals surface area contributed by atoms with Crippen LogP contribution in [0.2, 0.25) is 0 Å². The molecule has 3 aliphatic rings. The smallest absolute Gasteiger partial charge is 0.251 e. The molecule has 1 saturated heterocycles. The molecule has 0 amide bonds. The second-order valence-corrected chi connectivity index (χ2v) is 7.76. The Hall–Kier alpha value is -2.44. The Morgan fingerprint density at radius 3 is 2.62 bits per heavy atom. The van der Waals surface area contributed by atoms with Crippen molar-refractivity contribution in [2.45, 2.75) is 56.4 Å². The van der Waals surface area contributed by atoms with Crippen LogP contribution in [0.15, 0.2) is 23.3 Å². The van der Waals surface area contributed by atoms with Gasteiger partial charge in [-0.3, -0.25) is 4.79 Å². The van der Waals surface area contributed by atoms with Gasteiger partial charge in [-0.15, -0.1) is 0 Å². The molecule has 136 valence electrons. The summed E-state index contributed by atoms with van der Waals surface area (Å²) >= 11 is 0. The first-order valence-electron chi connectivity index (χ1n) is 9.70. The van der Waals surface area contributed by atoms with E-state index in [-0.39, 0.29) is 5.56 Å². The fourth-order valence-corrected chi connectivity index (χ4v) is 4.02. The van der Waals surface area contributed by atoms with Crippen molar-refractivity contribution in [2.24, 2.45) is 0 Å². The molecule has 0 radical (unpaired) electrons. The SMILES string of the molecule is O=c1cc(C2CC(Nc3nccnc3N3CCCC3)C2)nc(C2CC2)[nH]1. The van der Waals surface area contributed by atoms with E-state index in [9.17, 15) is 4.79 Å². The highest BCUT2D eigenvalue weighted by Crippen LogP contribution is 2.41. The van der Waals surface area contributed by atoms with Crippen molar-refractivity contribution in [1.29, 1.82) is 0 Å². The topological polar surface area (TPSA) is 86.8 Å². The summed E-state index contributed by atoms with van der Waals surface area (Å²) in [4.78, 5) is 30.9. The lowest BCUT2D eigenvalue weighted by atomic mass is 9.78. The van der Waals surface area contributed by atoms with Gasteiger partial charge in [0.05, 0.1) is 5.69 Å². The average molecular weight is 352 g/mol. The molecule has 3 heterocycles. The second kappa shape index (κ2) is 6.37. The predicted molar refractivity (Wildman–Crippen MR) is 99.7 cm³/mol. The van der Waals surface area contributed by atoms with Gasteiger partial charge in [-0.2, -0.15) is 0 Å². The zero-order chi connectivity index (χ0) is 17.5. The summed E-state index contributed by atoms with van der Waals surface area (Å²) in [5, 5.41) is 3.56. The van der Waals surface area contributed by atoms with Crippen LogP contribution in [0.1, 0.15) is 61.9 Å². The van der Waals surface area contributed by atoms with Crippen LogP contribution in [0, 0.1) is 0 Å². The highest BCUT2D eigenvalue weighted by Gasteiger charge is 2.34. The van der Waals surface area contributed by atoms with Gasteiger partial charge in [-0.05, 0) is 38.5 Å². The third-order valence-corrected chi connectivity index (χ3v) is 5.73. The van der Waals surface area contributed by atoms with Crippen LogP contribution in [0.3, 0.4) is 0 Å². The maximum Gasteiger partial charge on any atom is 0.251 e. The lowest BCUT2D eigenvalue weighted by molar-refractivity contribution is 0.365. The minimum absolute atomic E-state index is 0.0152. The Bertz CT molecular complexity index is 849. The van der Waals surface area contributed by atoms with Crippen LogP contribution in [0.4, 0.5) is 11.6 Å². The number of nitrogens with one attached hydrogen (secondary N) is 2. The maximum atomic E-state index is 11.9. The first-order valence-corrected chi connectivity index (χ1v) is 9.70. The molecule has 26 heavy (non-hydrogen) atoms. The van der Waals surface area contributed by atoms with Crippen molar-refractivity contribution >= 4 is 11.6 Å². The number of anilines is 2. The summed E-state index contributed by atoms with van der Waals surface area (Å²) in [6.07, 6.45) is 10.2. The molecule has 5 rings (SSSR count). The molecule has 0 atom stereocenters. The molecule has 2 aromatic rings. The quantitative estimate of drug-likeness (QED) is 0.859. The summed E-state index contributed by atoms with van der Waals surface area (Å²) in [7, 11) is 0. The average Bonchev–Trinajstić information content (AvgIpc) is 3.32. The van der Waals surface area contributed by atoms with Gasteiger partial charge in [0.2, 0.25) is 0 Å². The van der Waals surface area contributed by atoms with Crippen LogP contribution in [-0.2, 0) is 0 Å². The molecule has 2 aromatic heterocycles. The van der Waals surface area contributed by atoms with E-state index in [4.69, 9.17) is 4.98 Å². The molecule has 3 fully saturated rings. The van der Waals surface area contributed by atoms with Crippen molar-refractivity contribution in [3.8, 4) is 0 Å². The summed E-state index contributed by atoms with van der Waals surface area (Å²) in [6.45, 7) is 2.11. The third kappa shape index (κ3) is 3.06. The maximum absolute atomic E-state index is 11.9. The monoisotopic (exact) mass is 352 g/mol. The van der Waals surface area contributed by atoms with Crippen molar-refractivity contribution < 1.29 is 0 Å². The first-order chi connectivity index (χ1) is 12.8. The number of rotatable bonds is 5. The summed E-state index contributed by atoms with van der Waals surface area (Å²) in [5.41, 5.74) is 0.936. The molecule has 0 bridgehead atoms. The molecular formula is C19H24N6O. The minimum Gasteiger partial charge on any atom is -0.364 e. The molecular weight excluding hydrogens is 328 g/mol. The normalized spacial score (nSPS) is 25.2. The van der Waals surface area contributed by atoms with Crippen LogP contribution in [-0.4, -0.2) is 39.1 Å². The van der Waals surface area contributed by atoms with E-state index in [1.165, 1.54) is 12.8 Å². The standard InChI is InChI=1S/C19H24N6O/c26-16-11-15(23-17(24-16)12-3-4-12)13-9-14(10-13)22-18-19(21-6-5-20-18)25-7-1-2-8-25/h5-6,11-14H,1-4,7-10H2,(H,20,22)(H,23,24,26). The van der Waals surface area contributed by atoms with E-state index in [0.29, 0.717) is 17.9 Å². The number of nitrogens with zero attached hydrogens (tertiary/aromatic N) is 4. The fraction of sp³-hybridized carbons (Fsp3) is 0.579. The Morgan fingerprint density at radius 2 is 1.85 bits per heavy atom. The van der Waals surface area contributed by atoms with Crippen LogP contribution >= 0.6 is 0 Å². The zero-order valence-corrected chi connectivity index (χ0v) is 14.8. The van der Waals surface area contributed by atoms with Gasteiger partial charge in [-0.1, -0.05) is 0 Å². The van der Waals surface area contributed by atoms with Crippen molar-refractivity contribution in [1.82, 2.24) is 19.9 Å². The van der Waals surface area contributed by atoms with Crippen molar-refractivity contribution in [3.63, 3.8) is 0 Å². The molecule has 7 nitrogen and oxygen atoms in total. The van der Waals surface area contributed by atoms with E-state index < -0.39 is 0 Å². The lowest BCUT2D eigenvalue weighted by Crippen LogP contribution is -2.36. The van der Waals surface area contributed by atoms with E-state index in [1.807, 2.05) is 0 Å². The van der Waals surface area contributed by atoms with E-state index in [0.717, 1.165) is 61.9 Å². The van der Waals surface area contributed by atoms with Crippen LogP contribution in [0.25, 0.3) is 0 Å². The highest BCUT2D eigenvalue weighted by molar-refractivity contribution is 5.61. The summed E-state index contributed by atoms with van der Waals surface area (Å²) in [5.74, 6) is 3.57. The molecule has 7 heteroatoms. The molecule has 0 aromatic carbocycles.